The van der Waals surface area contributed by atoms with Gasteiger partial charge in [-0.3, -0.25) is 14.5 Å². The van der Waals surface area contributed by atoms with Crippen LogP contribution < -0.4 is 4.90 Å². The molecule has 0 atom stereocenters. The van der Waals surface area contributed by atoms with Gasteiger partial charge in [0, 0.05) is 18.8 Å². The van der Waals surface area contributed by atoms with Crippen molar-refractivity contribution in [2.24, 2.45) is 0 Å². The zero-order valence-corrected chi connectivity index (χ0v) is 14.0. The van der Waals surface area contributed by atoms with E-state index in [0.717, 1.165) is 5.56 Å². The van der Waals surface area contributed by atoms with Crippen molar-refractivity contribution in [3.63, 3.8) is 0 Å². The molecule has 2 aromatic rings. The Labute approximate surface area is 146 Å². The number of anilines is 1. The highest BCUT2D eigenvalue weighted by atomic mass is 16.5. The highest BCUT2D eigenvalue weighted by Gasteiger charge is 2.34. The van der Waals surface area contributed by atoms with E-state index in [-0.39, 0.29) is 30.6 Å². The molecule has 0 aliphatic carbocycles. The van der Waals surface area contributed by atoms with Gasteiger partial charge in [-0.15, -0.1) is 0 Å². The molecule has 128 valence electrons. The maximum absolute atomic E-state index is 12.5. The Morgan fingerprint density at radius 2 is 1.60 bits per heavy atom. The minimum Gasteiger partial charge on any atom is -0.462 e. The molecular formula is C20H19NO4. The lowest BCUT2D eigenvalue weighted by Crippen LogP contribution is -2.42. The fourth-order valence-corrected chi connectivity index (χ4v) is 3.03. The van der Waals surface area contributed by atoms with E-state index in [1.54, 1.807) is 31.2 Å². The van der Waals surface area contributed by atoms with Crippen molar-refractivity contribution >= 4 is 23.5 Å². The topological polar surface area (TPSA) is 63.7 Å². The van der Waals surface area contributed by atoms with Crippen LogP contribution in [0.15, 0.2) is 54.6 Å². The van der Waals surface area contributed by atoms with Crippen LogP contribution in [-0.2, 0) is 14.3 Å². The van der Waals surface area contributed by atoms with E-state index in [0.29, 0.717) is 17.9 Å². The molecule has 25 heavy (non-hydrogen) atoms. The van der Waals surface area contributed by atoms with Crippen molar-refractivity contribution in [1.82, 2.24) is 0 Å². The number of esters is 1. The molecule has 1 aliphatic rings. The lowest BCUT2D eigenvalue weighted by molar-refractivity contribution is -0.129. The Hall–Kier alpha value is -2.95. The van der Waals surface area contributed by atoms with E-state index in [1.165, 1.54) is 4.90 Å². The number of benzene rings is 2. The van der Waals surface area contributed by atoms with Crippen molar-refractivity contribution in [1.29, 1.82) is 0 Å². The summed E-state index contributed by atoms with van der Waals surface area (Å²) in [6.07, 6.45) is 0.574. The van der Waals surface area contributed by atoms with Crippen molar-refractivity contribution in [2.75, 3.05) is 11.5 Å². The standard InChI is InChI=1S/C20H19NO4/c1-2-25-20(24)15-8-10-17(11-9-15)21-18(22)12-16(13-19(21)23)14-6-4-3-5-7-14/h3-11,16H,2,12-13H2,1H3. The van der Waals surface area contributed by atoms with Crippen LogP contribution in [0.4, 0.5) is 5.69 Å². The molecule has 5 heteroatoms. The second-order valence-electron chi connectivity index (χ2n) is 5.91. The molecule has 1 heterocycles. The molecule has 0 N–H and O–H groups in total. The Balaban J connectivity index is 1.76. The minimum absolute atomic E-state index is 0.0868. The fourth-order valence-electron chi connectivity index (χ4n) is 3.03. The first-order chi connectivity index (χ1) is 12.1. The largest absolute Gasteiger partial charge is 0.462 e. The van der Waals surface area contributed by atoms with Gasteiger partial charge < -0.3 is 4.74 Å². The molecule has 1 fully saturated rings. The fraction of sp³-hybridized carbons (Fsp3) is 0.250. The molecule has 0 saturated carbocycles. The summed E-state index contributed by atoms with van der Waals surface area (Å²) in [4.78, 5) is 37.9. The van der Waals surface area contributed by atoms with Crippen LogP contribution in [-0.4, -0.2) is 24.4 Å². The van der Waals surface area contributed by atoms with Crippen LogP contribution in [0.1, 0.15) is 41.6 Å². The lowest BCUT2D eigenvalue weighted by Gasteiger charge is -2.30. The van der Waals surface area contributed by atoms with Crippen molar-refractivity contribution in [3.8, 4) is 0 Å². The van der Waals surface area contributed by atoms with Crippen LogP contribution in [0.2, 0.25) is 0 Å². The Kier molecular flexibility index (Phi) is 4.93. The number of carbonyl (C=O) groups is 3. The van der Waals surface area contributed by atoms with E-state index in [1.807, 2.05) is 30.3 Å². The number of rotatable bonds is 4. The molecule has 0 aromatic heterocycles. The SMILES string of the molecule is CCOC(=O)c1ccc(N2C(=O)CC(c3ccccc3)CC2=O)cc1. The summed E-state index contributed by atoms with van der Waals surface area (Å²) in [6, 6.07) is 15.9. The number of nitrogens with zero attached hydrogens (tertiary/aromatic N) is 1. The predicted molar refractivity (Wildman–Crippen MR) is 93.3 cm³/mol. The number of carbonyl (C=O) groups excluding carboxylic acids is 3. The van der Waals surface area contributed by atoms with Gasteiger partial charge in [-0.25, -0.2) is 4.79 Å². The Morgan fingerprint density at radius 1 is 1.00 bits per heavy atom. The summed E-state index contributed by atoms with van der Waals surface area (Å²) in [5.74, 6) is -0.964. The second-order valence-corrected chi connectivity index (χ2v) is 5.91. The van der Waals surface area contributed by atoms with Crippen LogP contribution in [0.3, 0.4) is 0 Å². The zero-order chi connectivity index (χ0) is 17.8. The first kappa shape index (κ1) is 16.9. The minimum atomic E-state index is -0.422. The number of ether oxygens (including phenoxy) is 1. The highest BCUT2D eigenvalue weighted by Crippen LogP contribution is 2.32. The number of imide groups is 1. The molecule has 5 nitrogen and oxygen atoms in total. The number of hydrogen-bond acceptors (Lipinski definition) is 4. The maximum atomic E-state index is 12.5. The van der Waals surface area contributed by atoms with Crippen LogP contribution in [0, 0.1) is 0 Å². The van der Waals surface area contributed by atoms with Crippen molar-refractivity contribution in [2.45, 2.75) is 25.7 Å². The molecule has 1 saturated heterocycles. The average Bonchev–Trinajstić information content (AvgIpc) is 2.62. The van der Waals surface area contributed by atoms with E-state index in [9.17, 15) is 14.4 Å². The van der Waals surface area contributed by atoms with Crippen LogP contribution >= 0.6 is 0 Å². The molecule has 0 radical (unpaired) electrons. The van der Waals surface area contributed by atoms with Gasteiger partial charge in [0.15, 0.2) is 0 Å². The normalized spacial score (nSPS) is 15.3. The van der Waals surface area contributed by atoms with Gasteiger partial charge >= 0.3 is 5.97 Å². The van der Waals surface area contributed by atoms with Gasteiger partial charge in [0.1, 0.15) is 0 Å². The highest BCUT2D eigenvalue weighted by molar-refractivity contribution is 6.17. The van der Waals surface area contributed by atoms with E-state index >= 15 is 0 Å². The van der Waals surface area contributed by atoms with E-state index < -0.39 is 5.97 Å². The quantitative estimate of drug-likeness (QED) is 0.634. The molecule has 2 amide bonds. The van der Waals surface area contributed by atoms with E-state index in [4.69, 9.17) is 4.74 Å². The van der Waals surface area contributed by atoms with Crippen LogP contribution in [0.25, 0.3) is 0 Å². The van der Waals surface area contributed by atoms with Gasteiger partial charge in [-0.05, 0) is 36.8 Å². The monoisotopic (exact) mass is 337 g/mol. The molecule has 2 aromatic carbocycles. The third-order valence-electron chi connectivity index (χ3n) is 4.25. The van der Waals surface area contributed by atoms with Gasteiger partial charge in [0.25, 0.3) is 0 Å². The molecule has 1 aliphatic heterocycles. The summed E-state index contributed by atoms with van der Waals surface area (Å²) in [5.41, 5.74) is 1.88. The van der Waals surface area contributed by atoms with E-state index in [2.05, 4.69) is 0 Å². The van der Waals surface area contributed by atoms with Gasteiger partial charge in [-0.1, -0.05) is 30.3 Å². The first-order valence-corrected chi connectivity index (χ1v) is 8.28. The molecule has 3 rings (SSSR count). The summed E-state index contributed by atoms with van der Waals surface area (Å²) >= 11 is 0. The summed E-state index contributed by atoms with van der Waals surface area (Å²) < 4.78 is 4.93. The third-order valence-corrected chi connectivity index (χ3v) is 4.25. The van der Waals surface area contributed by atoms with Gasteiger partial charge in [0.05, 0.1) is 17.9 Å². The van der Waals surface area contributed by atoms with Crippen LogP contribution in [0.5, 0.6) is 0 Å². The smallest absolute Gasteiger partial charge is 0.338 e. The number of hydrogen-bond donors (Lipinski definition) is 0. The van der Waals surface area contributed by atoms with Crippen molar-refractivity contribution in [3.05, 3.63) is 65.7 Å². The first-order valence-electron chi connectivity index (χ1n) is 8.28. The third kappa shape index (κ3) is 3.60. The molecule has 0 unspecified atom stereocenters. The van der Waals surface area contributed by atoms with Gasteiger partial charge in [-0.2, -0.15) is 0 Å². The van der Waals surface area contributed by atoms with Gasteiger partial charge in [0.2, 0.25) is 11.8 Å². The Bertz CT molecular complexity index is 765. The molecular weight excluding hydrogens is 318 g/mol. The molecule has 0 spiro atoms. The summed E-state index contributed by atoms with van der Waals surface area (Å²) in [6.45, 7) is 2.03. The predicted octanol–water partition coefficient (Wildman–Crippen LogP) is 3.30. The summed E-state index contributed by atoms with van der Waals surface area (Å²) in [7, 11) is 0. The zero-order valence-electron chi connectivity index (χ0n) is 14.0. The Morgan fingerprint density at radius 3 is 2.16 bits per heavy atom. The molecule has 0 bridgehead atoms. The van der Waals surface area contributed by atoms with Crippen molar-refractivity contribution < 1.29 is 19.1 Å². The maximum Gasteiger partial charge on any atom is 0.338 e. The lowest BCUT2D eigenvalue weighted by atomic mass is 9.88. The number of piperidine rings is 1. The average molecular weight is 337 g/mol. The summed E-state index contributed by atoms with van der Waals surface area (Å²) in [5, 5.41) is 0. The second kappa shape index (κ2) is 7.30. The number of amides is 2.